The Bertz CT molecular complexity index is 603. The van der Waals surface area contributed by atoms with Gasteiger partial charge in [0.15, 0.2) is 0 Å². The number of carbonyl (C=O) groups is 3. The second-order valence-electron chi connectivity index (χ2n) is 5.72. The fourth-order valence-corrected chi connectivity index (χ4v) is 2.60. The van der Waals surface area contributed by atoms with Crippen molar-refractivity contribution in [3.63, 3.8) is 0 Å². The lowest BCUT2D eigenvalue weighted by atomic mass is 9.94. The summed E-state index contributed by atoms with van der Waals surface area (Å²) in [5, 5.41) is 9.02. The minimum Gasteiger partial charge on any atom is -0.480 e. The highest BCUT2D eigenvalue weighted by Gasteiger charge is 2.32. The van der Waals surface area contributed by atoms with Crippen LogP contribution < -0.4 is 0 Å². The number of benzene rings is 1. The fourth-order valence-electron chi connectivity index (χ4n) is 2.60. The Labute approximate surface area is 133 Å². The van der Waals surface area contributed by atoms with E-state index >= 15 is 0 Å². The van der Waals surface area contributed by atoms with Crippen LogP contribution in [0.5, 0.6) is 0 Å². The highest BCUT2D eigenvalue weighted by atomic mass is 19.1. The largest absolute Gasteiger partial charge is 0.480 e. The number of hydrogen-bond acceptors (Lipinski definition) is 3. The summed E-state index contributed by atoms with van der Waals surface area (Å²) in [6.07, 6.45) is 0.607. The first kappa shape index (κ1) is 16.9. The predicted octanol–water partition coefficient (Wildman–Crippen LogP) is 1.11. The highest BCUT2D eigenvalue weighted by Crippen LogP contribution is 2.21. The SMILES string of the molecule is CN1CCC(C(=O)N(CC(=O)O)Cc2ccc(F)cc2)CC1=O. The average Bonchev–Trinajstić information content (AvgIpc) is 2.50. The molecule has 0 saturated carbocycles. The second-order valence-corrected chi connectivity index (χ2v) is 5.72. The van der Waals surface area contributed by atoms with Gasteiger partial charge < -0.3 is 14.9 Å². The van der Waals surface area contributed by atoms with Crippen LogP contribution in [0.2, 0.25) is 0 Å². The van der Waals surface area contributed by atoms with Gasteiger partial charge in [0.2, 0.25) is 11.8 Å². The fraction of sp³-hybridized carbons (Fsp3) is 0.438. The van der Waals surface area contributed by atoms with Crippen LogP contribution in [0.1, 0.15) is 18.4 Å². The number of carboxylic acids is 1. The lowest BCUT2D eigenvalue weighted by Gasteiger charge is -2.31. The molecule has 0 aliphatic carbocycles. The van der Waals surface area contributed by atoms with Crippen LogP contribution in [-0.4, -0.2) is 52.8 Å². The Morgan fingerprint density at radius 1 is 1.35 bits per heavy atom. The van der Waals surface area contributed by atoms with Crippen molar-refractivity contribution in [1.82, 2.24) is 9.80 Å². The van der Waals surface area contributed by atoms with Gasteiger partial charge in [0, 0.05) is 32.5 Å². The third-order valence-electron chi connectivity index (χ3n) is 3.93. The number of amides is 2. The van der Waals surface area contributed by atoms with E-state index in [9.17, 15) is 18.8 Å². The van der Waals surface area contributed by atoms with Crippen molar-refractivity contribution in [1.29, 1.82) is 0 Å². The molecule has 2 rings (SSSR count). The van der Waals surface area contributed by atoms with Gasteiger partial charge in [-0.15, -0.1) is 0 Å². The number of likely N-dealkylation sites (tertiary alicyclic amines) is 1. The van der Waals surface area contributed by atoms with Crippen molar-refractivity contribution in [2.75, 3.05) is 20.1 Å². The van der Waals surface area contributed by atoms with Gasteiger partial charge in [0.05, 0.1) is 0 Å². The van der Waals surface area contributed by atoms with Gasteiger partial charge in [-0.1, -0.05) is 12.1 Å². The molecule has 0 radical (unpaired) electrons. The van der Waals surface area contributed by atoms with Gasteiger partial charge >= 0.3 is 5.97 Å². The Balaban J connectivity index is 2.10. The summed E-state index contributed by atoms with van der Waals surface area (Å²) >= 11 is 0. The molecule has 1 aliphatic heterocycles. The Morgan fingerprint density at radius 2 is 2.00 bits per heavy atom. The van der Waals surface area contributed by atoms with Crippen LogP contribution >= 0.6 is 0 Å². The van der Waals surface area contributed by atoms with E-state index in [-0.39, 0.29) is 24.8 Å². The number of carboxylic acid groups (broad SMARTS) is 1. The van der Waals surface area contributed by atoms with Gasteiger partial charge in [-0.05, 0) is 24.1 Å². The monoisotopic (exact) mass is 322 g/mol. The maximum Gasteiger partial charge on any atom is 0.323 e. The normalized spacial score (nSPS) is 17.9. The molecule has 23 heavy (non-hydrogen) atoms. The summed E-state index contributed by atoms with van der Waals surface area (Å²) in [5.74, 6) is -2.49. The molecule has 1 N–H and O–H groups in total. The third-order valence-corrected chi connectivity index (χ3v) is 3.93. The van der Waals surface area contributed by atoms with Crippen LogP contribution in [0.25, 0.3) is 0 Å². The molecule has 1 atom stereocenters. The predicted molar refractivity (Wildman–Crippen MR) is 79.8 cm³/mol. The van der Waals surface area contributed by atoms with Gasteiger partial charge in [0.1, 0.15) is 12.4 Å². The van der Waals surface area contributed by atoms with Crippen LogP contribution in [0, 0.1) is 11.7 Å². The van der Waals surface area contributed by atoms with Crippen molar-refractivity contribution in [3.05, 3.63) is 35.6 Å². The summed E-state index contributed by atoms with van der Waals surface area (Å²) in [5.41, 5.74) is 0.639. The van der Waals surface area contributed by atoms with Gasteiger partial charge in [-0.3, -0.25) is 14.4 Å². The molecule has 1 heterocycles. The van der Waals surface area contributed by atoms with Crippen molar-refractivity contribution in [2.45, 2.75) is 19.4 Å². The van der Waals surface area contributed by atoms with E-state index in [1.807, 2.05) is 0 Å². The first-order chi connectivity index (χ1) is 10.9. The number of rotatable bonds is 5. The first-order valence-corrected chi connectivity index (χ1v) is 7.36. The van der Waals surface area contributed by atoms with E-state index in [0.717, 1.165) is 0 Å². The molecule has 1 saturated heterocycles. The number of piperidine rings is 1. The Hall–Kier alpha value is -2.44. The van der Waals surface area contributed by atoms with Crippen LogP contribution in [0.3, 0.4) is 0 Å². The van der Waals surface area contributed by atoms with E-state index < -0.39 is 24.2 Å². The maximum absolute atomic E-state index is 12.9. The lowest BCUT2D eigenvalue weighted by molar-refractivity contribution is -0.149. The molecule has 1 aromatic carbocycles. The molecule has 0 spiro atoms. The lowest BCUT2D eigenvalue weighted by Crippen LogP contribution is -2.45. The molecule has 1 aliphatic rings. The molecule has 6 nitrogen and oxygen atoms in total. The molecule has 1 fully saturated rings. The molecular weight excluding hydrogens is 303 g/mol. The van der Waals surface area contributed by atoms with Crippen LogP contribution in [-0.2, 0) is 20.9 Å². The molecule has 2 amide bonds. The molecular formula is C16H19FN2O4. The number of carbonyl (C=O) groups excluding carboxylic acids is 2. The molecule has 1 aromatic rings. The number of hydrogen-bond donors (Lipinski definition) is 1. The number of halogens is 1. The van der Waals surface area contributed by atoms with Crippen molar-refractivity contribution in [2.24, 2.45) is 5.92 Å². The van der Waals surface area contributed by atoms with Crippen LogP contribution in [0.15, 0.2) is 24.3 Å². The zero-order chi connectivity index (χ0) is 17.0. The van der Waals surface area contributed by atoms with Crippen LogP contribution in [0.4, 0.5) is 4.39 Å². The summed E-state index contributed by atoms with van der Waals surface area (Å²) < 4.78 is 12.9. The molecule has 0 bridgehead atoms. The van der Waals surface area contributed by atoms with E-state index in [1.54, 1.807) is 11.9 Å². The molecule has 7 heteroatoms. The van der Waals surface area contributed by atoms with Gasteiger partial charge in [0.25, 0.3) is 0 Å². The smallest absolute Gasteiger partial charge is 0.323 e. The maximum atomic E-state index is 12.9. The Morgan fingerprint density at radius 3 is 2.57 bits per heavy atom. The first-order valence-electron chi connectivity index (χ1n) is 7.36. The molecule has 1 unspecified atom stereocenters. The average molecular weight is 322 g/mol. The van der Waals surface area contributed by atoms with Gasteiger partial charge in [-0.2, -0.15) is 0 Å². The van der Waals surface area contributed by atoms with E-state index in [0.29, 0.717) is 18.5 Å². The summed E-state index contributed by atoms with van der Waals surface area (Å²) in [4.78, 5) is 38.1. The minimum absolute atomic E-state index is 0.0753. The Kier molecular flexibility index (Phi) is 5.31. The number of aliphatic carboxylic acids is 1. The summed E-state index contributed by atoms with van der Waals surface area (Å²) in [7, 11) is 1.68. The van der Waals surface area contributed by atoms with Crippen molar-refractivity contribution >= 4 is 17.8 Å². The standard InChI is InChI=1S/C16H19FN2O4/c1-18-7-6-12(8-14(18)20)16(23)19(10-15(21)22)9-11-2-4-13(17)5-3-11/h2-5,12H,6-10H2,1H3,(H,21,22). The summed E-state index contributed by atoms with van der Waals surface area (Å²) in [6.45, 7) is 0.107. The van der Waals surface area contributed by atoms with E-state index in [2.05, 4.69) is 0 Å². The third kappa shape index (κ3) is 4.51. The zero-order valence-corrected chi connectivity index (χ0v) is 12.9. The number of nitrogens with zero attached hydrogens (tertiary/aromatic N) is 2. The summed E-state index contributed by atoms with van der Waals surface area (Å²) in [6, 6.07) is 5.55. The van der Waals surface area contributed by atoms with Crippen molar-refractivity contribution < 1.29 is 23.9 Å². The van der Waals surface area contributed by atoms with E-state index in [4.69, 9.17) is 5.11 Å². The topological polar surface area (TPSA) is 77.9 Å². The minimum atomic E-state index is -1.13. The zero-order valence-electron chi connectivity index (χ0n) is 12.9. The second kappa shape index (κ2) is 7.21. The van der Waals surface area contributed by atoms with E-state index in [1.165, 1.54) is 29.2 Å². The quantitative estimate of drug-likeness (QED) is 0.881. The highest BCUT2D eigenvalue weighted by molar-refractivity contribution is 5.88. The molecule has 124 valence electrons. The molecule has 0 aromatic heterocycles. The van der Waals surface area contributed by atoms with Crippen molar-refractivity contribution in [3.8, 4) is 0 Å². The van der Waals surface area contributed by atoms with Gasteiger partial charge in [-0.25, -0.2) is 4.39 Å².